The number of hydrogen-bond acceptors (Lipinski definition) is 6. The molecule has 5 nitrogen and oxygen atoms in total. The summed E-state index contributed by atoms with van der Waals surface area (Å²) in [5.74, 6) is 1.66. The van der Waals surface area contributed by atoms with Crippen LogP contribution in [0.1, 0.15) is 108 Å². The van der Waals surface area contributed by atoms with Crippen molar-refractivity contribution in [1.29, 1.82) is 0 Å². The van der Waals surface area contributed by atoms with Gasteiger partial charge in [0.25, 0.3) is 0 Å². The molecule has 2 aliphatic rings. The van der Waals surface area contributed by atoms with Gasteiger partial charge in [-0.1, -0.05) is 95.8 Å². The lowest BCUT2D eigenvalue weighted by Crippen LogP contribution is -2.58. The molecule has 0 aromatic heterocycles. The van der Waals surface area contributed by atoms with Gasteiger partial charge in [-0.15, -0.1) is 11.8 Å². The fourth-order valence-corrected chi connectivity index (χ4v) is 7.26. The average molecular weight is 613 g/mol. The molecule has 0 spiro atoms. The SMILES string of the molecule is CCCCOCC1OC(c2cccc(CC3CSc4ccccc43)c2)[C@H](OCCCC)C(OCCCC)[C@@H]1OCCCC. The van der Waals surface area contributed by atoms with Gasteiger partial charge in [-0.3, -0.25) is 0 Å². The molecule has 0 amide bonds. The van der Waals surface area contributed by atoms with Crippen molar-refractivity contribution in [3.05, 3.63) is 65.2 Å². The second-order valence-electron chi connectivity index (χ2n) is 12.1. The van der Waals surface area contributed by atoms with Gasteiger partial charge < -0.3 is 23.7 Å². The quantitative estimate of drug-likeness (QED) is 0.139. The summed E-state index contributed by atoms with van der Waals surface area (Å²) in [6.07, 6.45) is 8.28. The fourth-order valence-electron chi connectivity index (χ4n) is 6.01. The van der Waals surface area contributed by atoms with Crippen molar-refractivity contribution < 1.29 is 23.7 Å². The van der Waals surface area contributed by atoms with Gasteiger partial charge in [0.1, 0.15) is 30.5 Å². The zero-order valence-corrected chi connectivity index (χ0v) is 28.0. The molecule has 240 valence electrons. The Kier molecular flexibility index (Phi) is 15.4. The number of ether oxygens (including phenoxy) is 5. The molecule has 0 N–H and O–H groups in total. The molecular weight excluding hydrogens is 556 g/mol. The highest BCUT2D eigenvalue weighted by molar-refractivity contribution is 7.99. The minimum Gasteiger partial charge on any atom is -0.379 e. The summed E-state index contributed by atoms with van der Waals surface area (Å²) >= 11 is 1.98. The van der Waals surface area contributed by atoms with E-state index in [1.807, 2.05) is 11.8 Å². The lowest BCUT2D eigenvalue weighted by Gasteiger charge is -2.46. The van der Waals surface area contributed by atoms with E-state index in [1.54, 1.807) is 0 Å². The van der Waals surface area contributed by atoms with Crippen LogP contribution in [0.2, 0.25) is 0 Å². The van der Waals surface area contributed by atoms with Crippen LogP contribution in [0.15, 0.2) is 53.4 Å². The maximum atomic E-state index is 7.00. The highest BCUT2D eigenvalue weighted by Gasteiger charge is 2.48. The summed E-state index contributed by atoms with van der Waals surface area (Å²) in [6, 6.07) is 17.9. The number of hydrogen-bond donors (Lipinski definition) is 0. The molecule has 4 rings (SSSR count). The summed E-state index contributed by atoms with van der Waals surface area (Å²) in [6.45, 7) is 12.1. The number of rotatable bonds is 20. The van der Waals surface area contributed by atoms with Crippen LogP contribution in [0.25, 0.3) is 0 Å². The molecule has 4 unspecified atom stereocenters. The van der Waals surface area contributed by atoms with E-state index in [-0.39, 0.29) is 30.5 Å². The molecule has 0 aliphatic carbocycles. The van der Waals surface area contributed by atoms with E-state index in [4.69, 9.17) is 23.7 Å². The maximum absolute atomic E-state index is 7.00. The van der Waals surface area contributed by atoms with Crippen molar-refractivity contribution >= 4 is 11.8 Å². The average Bonchev–Trinajstić information content (AvgIpc) is 3.43. The topological polar surface area (TPSA) is 46.2 Å². The third kappa shape index (κ3) is 10.0. The Hall–Kier alpha value is -1.41. The van der Waals surface area contributed by atoms with E-state index in [2.05, 4.69) is 76.2 Å². The Morgan fingerprint density at radius 3 is 2.09 bits per heavy atom. The summed E-state index contributed by atoms with van der Waals surface area (Å²) in [5.41, 5.74) is 3.98. The molecule has 43 heavy (non-hydrogen) atoms. The molecular formula is C37H56O5S. The van der Waals surface area contributed by atoms with E-state index in [0.29, 0.717) is 32.3 Å². The van der Waals surface area contributed by atoms with Gasteiger partial charge in [-0.25, -0.2) is 0 Å². The number of benzene rings is 2. The Morgan fingerprint density at radius 2 is 1.37 bits per heavy atom. The van der Waals surface area contributed by atoms with Crippen LogP contribution in [-0.2, 0) is 30.1 Å². The van der Waals surface area contributed by atoms with Gasteiger partial charge in [-0.05, 0) is 60.8 Å². The van der Waals surface area contributed by atoms with Crippen LogP contribution >= 0.6 is 11.8 Å². The van der Waals surface area contributed by atoms with E-state index in [9.17, 15) is 0 Å². The molecule has 1 fully saturated rings. The third-order valence-corrected chi connectivity index (χ3v) is 9.80. The van der Waals surface area contributed by atoms with Gasteiger partial charge >= 0.3 is 0 Å². The van der Waals surface area contributed by atoms with Crippen LogP contribution in [0.3, 0.4) is 0 Å². The van der Waals surface area contributed by atoms with Gasteiger partial charge in [0.05, 0.1) is 6.61 Å². The normalized spacial score (nSPS) is 25.2. The van der Waals surface area contributed by atoms with Crippen molar-refractivity contribution in [2.24, 2.45) is 0 Å². The first kappa shape index (κ1) is 34.5. The van der Waals surface area contributed by atoms with E-state index >= 15 is 0 Å². The molecule has 0 bridgehead atoms. The lowest BCUT2D eigenvalue weighted by atomic mass is 9.88. The Morgan fingerprint density at radius 1 is 0.721 bits per heavy atom. The molecule has 2 aromatic rings. The highest BCUT2D eigenvalue weighted by Crippen LogP contribution is 2.42. The molecule has 0 saturated carbocycles. The van der Waals surface area contributed by atoms with E-state index in [1.165, 1.54) is 16.0 Å². The number of fused-ring (bicyclic) bond motifs is 1. The van der Waals surface area contributed by atoms with Crippen LogP contribution in [0.4, 0.5) is 0 Å². The largest absolute Gasteiger partial charge is 0.379 e. The molecule has 2 aromatic carbocycles. The minimum absolute atomic E-state index is 0.222. The first-order valence-electron chi connectivity index (χ1n) is 17.1. The predicted octanol–water partition coefficient (Wildman–Crippen LogP) is 8.93. The van der Waals surface area contributed by atoms with Crippen molar-refractivity contribution in [1.82, 2.24) is 0 Å². The molecule has 1 saturated heterocycles. The smallest absolute Gasteiger partial charge is 0.117 e. The molecule has 6 atom stereocenters. The molecule has 2 aliphatic heterocycles. The van der Waals surface area contributed by atoms with Crippen molar-refractivity contribution in [2.75, 3.05) is 38.8 Å². The van der Waals surface area contributed by atoms with Crippen molar-refractivity contribution in [2.45, 2.75) is 127 Å². The summed E-state index contributed by atoms with van der Waals surface area (Å²) < 4.78 is 33.2. The number of unbranched alkanes of at least 4 members (excludes halogenated alkanes) is 4. The minimum atomic E-state index is -0.250. The molecule has 6 heteroatoms. The van der Waals surface area contributed by atoms with Crippen LogP contribution < -0.4 is 0 Å². The summed E-state index contributed by atoms with van der Waals surface area (Å²) in [4.78, 5) is 1.43. The van der Waals surface area contributed by atoms with Gasteiger partial charge in [0.2, 0.25) is 0 Å². The second-order valence-corrected chi connectivity index (χ2v) is 13.1. The monoisotopic (exact) mass is 612 g/mol. The first-order valence-corrected chi connectivity index (χ1v) is 18.1. The molecule has 0 radical (unpaired) electrons. The van der Waals surface area contributed by atoms with Gasteiger partial charge in [-0.2, -0.15) is 0 Å². The third-order valence-electron chi connectivity index (χ3n) is 8.54. The Balaban J connectivity index is 1.62. The van der Waals surface area contributed by atoms with Crippen LogP contribution in [0, 0.1) is 0 Å². The molecule has 2 heterocycles. The zero-order valence-electron chi connectivity index (χ0n) is 27.1. The Labute approximate surface area is 265 Å². The second kappa shape index (κ2) is 19.2. The lowest BCUT2D eigenvalue weighted by molar-refractivity contribution is -0.268. The Bertz CT molecular complexity index is 1050. The maximum Gasteiger partial charge on any atom is 0.117 e. The van der Waals surface area contributed by atoms with E-state index < -0.39 is 0 Å². The standard InChI is InChI=1S/C37H56O5S/c1-5-9-20-38-26-32-35(39-21-10-6-2)37(41-23-12-8-4)36(40-22-11-7-3)34(42-32)29-17-15-16-28(24-29)25-30-27-43-33-19-14-13-18-31(30)33/h13-19,24,30,32,34-37H,5-12,20-23,25-27H2,1-4H3/t30?,32?,34?,35-,36+,37?/m1/s1. The van der Waals surface area contributed by atoms with Crippen molar-refractivity contribution in [3.63, 3.8) is 0 Å². The number of thioether (sulfide) groups is 1. The summed E-state index contributed by atoms with van der Waals surface area (Å²) in [5, 5.41) is 0. The van der Waals surface area contributed by atoms with Gasteiger partial charge in [0.15, 0.2) is 0 Å². The van der Waals surface area contributed by atoms with Crippen LogP contribution in [0.5, 0.6) is 0 Å². The summed E-state index contributed by atoms with van der Waals surface area (Å²) in [7, 11) is 0. The zero-order chi connectivity index (χ0) is 30.3. The first-order chi connectivity index (χ1) is 21.2. The van der Waals surface area contributed by atoms with Crippen LogP contribution in [-0.4, -0.2) is 63.2 Å². The predicted molar refractivity (Wildman–Crippen MR) is 177 cm³/mol. The van der Waals surface area contributed by atoms with Gasteiger partial charge in [0, 0.05) is 37.1 Å². The van der Waals surface area contributed by atoms with E-state index in [0.717, 1.165) is 75.7 Å². The highest BCUT2D eigenvalue weighted by atomic mass is 32.2. The fraction of sp³-hybridized carbons (Fsp3) is 0.676. The van der Waals surface area contributed by atoms with Crippen molar-refractivity contribution in [3.8, 4) is 0 Å².